The molecule has 0 aromatic carbocycles. The van der Waals surface area contributed by atoms with Crippen molar-refractivity contribution in [3.63, 3.8) is 0 Å². The van der Waals surface area contributed by atoms with Gasteiger partial charge in [0.2, 0.25) is 11.9 Å². The van der Waals surface area contributed by atoms with E-state index in [2.05, 4.69) is 20.3 Å². The van der Waals surface area contributed by atoms with Crippen LogP contribution in [0.4, 0.5) is 11.9 Å². The summed E-state index contributed by atoms with van der Waals surface area (Å²) in [7, 11) is 5.34. The molecule has 0 aliphatic heterocycles. The Bertz CT molecular complexity index is 374. The van der Waals surface area contributed by atoms with Gasteiger partial charge in [-0.3, -0.25) is 0 Å². The number of aromatic nitrogens is 3. The molecular formula is C11H21N5O2. The normalized spacial score (nSPS) is 12.1. The molecule has 7 heteroatoms. The van der Waals surface area contributed by atoms with Gasteiger partial charge in [-0.15, -0.1) is 0 Å². The van der Waals surface area contributed by atoms with Crippen molar-refractivity contribution in [1.82, 2.24) is 15.0 Å². The Morgan fingerprint density at radius 1 is 1.33 bits per heavy atom. The zero-order valence-electron chi connectivity index (χ0n) is 11.6. The maximum Gasteiger partial charge on any atom is 0.323 e. The second-order valence-electron chi connectivity index (χ2n) is 3.84. The molecule has 7 nitrogen and oxygen atoms in total. The summed E-state index contributed by atoms with van der Waals surface area (Å²) in [4.78, 5) is 14.6. The maximum atomic E-state index is 5.32. The van der Waals surface area contributed by atoms with Crippen LogP contribution in [0.5, 0.6) is 6.01 Å². The lowest BCUT2D eigenvalue weighted by molar-refractivity contribution is 0.182. The highest BCUT2D eigenvalue weighted by Gasteiger charge is 2.15. The zero-order chi connectivity index (χ0) is 13.5. The highest BCUT2D eigenvalue weighted by atomic mass is 16.5. The largest absolute Gasteiger partial charge is 0.464 e. The maximum absolute atomic E-state index is 5.32. The number of likely N-dealkylation sites (N-methyl/N-ethyl adjacent to an activating group) is 1. The Labute approximate surface area is 108 Å². The fourth-order valence-electron chi connectivity index (χ4n) is 1.36. The number of rotatable bonds is 7. The number of anilines is 2. The van der Waals surface area contributed by atoms with Crippen molar-refractivity contribution in [2.75, 3.05) is 44.6 Å². The minimum atomic E-state index is 0.164. The molecule has 1 atom stereocenters. The SMILES string of the molecule is CCOc1nc(NC)nc(N(C)C(C)COC)n1. The molecule has 0 spiro atoms. The van der Waals surface area contributed by atoms with Crippen molar-refractivity contribution < 1.29 is 9.47 Å². The Morgan fingerprint density at radius 2 is 2.06 bits per heavy atom. The second kappa shape index (κ2) is 6.95. The fraction of sp³-hybridized carbons (Fsp3) is 0.727. The molecular weight excluding hydrogens is 234 g/mol. The first kappa shape index (κ1) is 14.4. The van der Waals surface area contributed by atoms with Crippen LogP contribution in [0.3, 0.4) is 0 Å². The van der Waals surface area contributed by atoms with Crippen LogP contribution in [0.2, 0.25) is 0 Å². The van der Waals surface area contributed by atoms with Crippen molar-refractivity contribution in [3.05, 3.63) is 0 Å². The van der Waals surface area contributed by atoms with Gasteiger partial charge in [0.15, 0.2) is 0 Å². The molecule has 0 aliphatic carbocycles. The van der Waals surface area contributed by atoms with Gasteiger partial charge in [0.25, 0.3) is 0 Å². The molecule has 0 radical (unpaired) electrons. The Hall–Kier alpha value is -1.63. The molecule has 0 saturated carbocycles. The number of hydrogen-bond donors (Lipinski definition) is 1. The molecule has 0 fully saturated rings. The van der Waals surface area contributed by atoms with E-state index in [1.807, 2.05) is 25.8 Å². The Kier molecular flexibility index (Phi) is 5.57. The third kappa shape index (κ3) is 3.69. The van der Waals surface area contributed by atoms with E-state index in [1.165, 1.54) is 0 Å². The van der Waals surface area contributed by atoms with Gasteiger partial charge < -0.3 is 19.7 Å². The molecule has 102 valence electrons. The van der Waals surface area contributed by atoms with Gasteiger partial charge in [0, 0.05) is 21.2 Å². The topological polar surface area (TPSA) is 72.4 Å². The molecule has 0 bridgehead atoms. The quantitative estimate of drug-likeness (QED) is 0.772. The lowest BCUT2D eigenvalue weighted by Gasteiger charge is -2.24. The van der Waals surface area contributed by atoms with Crippen molar-refractivity contribution in [2.45, 2.75) is 19.9 Å². The van der Waals surface area contributed by atoms with Crippen molar-refractivity contribution in [1.29, 1.82) is 0 Å². The Morgan fingerprint density at radius 3 is 2.61 bits per heavy atom. The van der Waals surface area contributed by atoms with E-state index in [9.17, 15) is 0 Å². The first-order valence-electron chi connectivity index (χ1n) is 5.90. The number of ether oxygens (including phenoxy) is 2. The molecule has 1 aromatic rings. The number of nitrogens with zero attached hydrogens (tertiary/aromatic N) is 4. The van der Waals surface area contributed by atoms with Gasteiger partial charge in [-0.05, 0) is 13.8 Å². The predicted molar refractivity (Wildman–Crippen MR) is 70.3 cm³/mol. The summed E-state index contributed by atoms with van der Waals surface area (Å²) < 4.78 is 10.4. The van der Waals surface area contributed by atoms with E-state index in [0.717, 1.165) is 0 Å². The molecule has 1 heterocycles. The summed E-state index contributed by atoms with van der Waals surface area (Å²) in [6, 6.07) is 0.486. The fourth-order valence-corrected chi connectivity index (χ4v) is 1.36. The van der Waals surface area contributed by atoms with Crippen LogP contribution < -0.4 is 15.0 Å². The minimum absolute atomic E-state index is 0.164. The summed E-state index contributed by atoms with van der Waals surface area (Å²) in [5.41, 5.74) is 0. The van der Waals surface area contributed by atoms with Crippen molar-refractivity contribution >= 4 is 11.9 Å². The third-order valence-corrected chi connectivity index (χ3v) is 2.48. The molecule has 0 aliphatic rings. The van der Waals surface area contributed by atoms with E-state index in [1.54, 1.807) is 14.2 Å². The van der Waals surface area contributed by atoms with Gasteiger partial charge in [0.05, 0.1) is 19.3 Å². The lowest BCUT2D eigenvalue weighted by Crippen LogP contribution is -2.34. The molecule has 1 unspecified atom stereocenters. The molecule has 1 N–H and O–H groups in total. The average Bonchev–Trinajstić information content (AvgIpc) is 2.38. The van der Waals surface area contributed by atoms with Crippen LogP contribution in [-0.4, -0.2) is 55.4 Å². The smallest absolute Gasteiger partial charge is 0.323 e. The zero-order valence-corrected chi connectivity index (χ0v) is 11.6. The Balaban J connectivity index is 2.95. The summed E-state index contributed by atoms with van der Waals surface area (Å²) in [6.07, 6.45) is 0. The number of hydrogen-bond acceptors (Lipinski definition) is 7. The van der Waals surface area contributed by atoms with E-state index in [0.29, 0.717) is 31.1 Å². The first-order valence-corrected chi connectivity index (χ1v) is 5.90. The van der Waals surface area contributed by atoms with E-state index in [-0.39, 0.29) is 6.04 Å². The first-order chi connectivity index (χ1) is 8.62. The van der Waals surface area contributed by atoms with Gasteiger partial charge in [-0.2, -0.15) is 15.0 Å². The van der Waals surface area contributed by atoms with Crippen LogP contribution in [0.15, 0.2) is 0 Å². The van der Waals surface area contributed by atoms with Crippen molar-refractivity contribution in [3.8, 4) is 6.01 Å². The second-order valence-corrected chi connectivity index (χ2v) is 3.84. The van der Waals surface area contributed by atoms with Gasteiger partial charge in [-0.25, -0.2) is 0 Å². The predicted octanol–water partition coefficient (Wildman–Crippen LogP) is 0.783. The van der Waals surface area contributed by atoms with E-state index < -0.39 is 0 Å². The van der Waals surface area contributed by atoms with Crippen LogP contribution in [-0.2, 0) is 4.74 Å². The molecule has 0 amide bonds. The molecule has 0 saturated heterocycles. The average molecular weight is 255 g/mol. The van der Waals surface area contributed by atoms with Gasteiger partial charge in [0.1, 0.15) is 0 Å². The van der Waals surface area contributed by atoms with E-state index in [4.69, 9.17) is 9.47 Å². The highest BCUT2D eigenvalue weighted by Crippen LogP contribution is 2.15. The van der Waals surface area contributed by atoms with Gasteiger partial charge in [-0.1, -0.05) is 0 Å². The van der Waals surface area contributed by atoms with E-state index >= 15 is 0 Å². The van der Waals surface area contributed by atoms with Crippen LogP contribution in [0, 0.1) is 0 Å². The standard InChI is InChI=1S/C11H21N5O2/c1-6-18-11-14-9(12-3)13-10(15-11)16(4)8(2)7-17-5/h8H,6-7H2,1-5H3,(H,12,13,14,15). The summed E-state index contributed by atoms with van der Waals surface area (Å²) >= 11 is 0. The minimum Gasteiger partial charge on any atom is -0.464 e. The summed E-state index contributed by atoms with van der Waals surface area (Å²) in [5, 5.41) is 2.89. The molecule has 1 rings (SSSR count). The van der Waals surface area contributed by atoms with Gasteiger partial charge >= 0.3 is 6.01 Å². The van der Waals surface area contributed by atoms with Crippen LogP contribution in [0.1, 0.15) is 13.8 Å². The van der Waals surface area contributed by atoms with Crippen LogP contribution >= 0.6 is 0 Å². The monoisotopic (exact) mass is 255 g/mol. The highest BCUT2D eigenvalue weighted by molar-refractivity contribution is 5.38. The third-order valence-electron chi connectivity index (χ3n) is 2.48. The number of methoxy groups -OCH3 is 1. The van der Waals surface area contributed by atoms with Crippen molar-refractivity contribution in [2.24, 2.45) is 0 Å². The molecule has 1 aromatic heterocycles. The summed E-state index contributed by atoms with van der Waals surface area (Å²) in [6.45, 7) is 5.04. The van der Waals surface area contributed by atoms with Crippen LogP contribution in [0.25, 0.3) is 0 Å². The number of nitrogens with one attached hydrogen (secondary N) is 1. The summed E-state index contributed by atoms with van der Waals surface area (Å²) in [5.74, 6) is 1.04. The lowest BCUT2D eigenvalue weighted by atomic mass is 10.3. The molecule has 18 heavy (non-hydrogen) atoms.